The summed E-state index contributed by atoms with van der Waals surface area (Å²) in [6.07, 6.45) is 2.63. The summed E-state index contributed by atoms with van der Waals surface area (Å²) in [7, 11) is 0. The molecule has 5 heteroatoms. The van der Waals surface area contributed by atoms with Gasteiger partial charge in [0.15, 0.2) is 0 Å². The first-order valence-electron chi connectivity index (χ1n) is 5.97. The zero-order valence-electron chi connectivity index (χ0n) is 10.3. The Hall–Kier alpha value is -1.36. The third-order valence-electron chi connectivity index (χ3n) is 3.07. The van der Waals surface area contributed by atoms with Crippen molar-refractivity contribution >= 4 is 5.91 Å². The fraction of sp³-hybridized carbons (Fsp3) is 0.667. The number of carbonyl (C=O) groups is 1. The summed E-state index contributed by atoms with van der Waals surface area (Å²) in [6.45, 7) is 5.08. The average Bonchev–Trinajstić information content (AvgIpc) is 2.91. The van der Waals surface area contributed by atoms with E-state index in [1.807, 2.05) is 13.8 Å². The van der Waals surface area contributed by atoms with E-state index in [1.165, 1.54) is 0 Å². The second-order valence-electron chi connectivity index (χ2n) is 4.42. The number of ether oxygens (including phenoxy) is 1. The highest BCUT2D eigenvalue weighted by Gasteiger charge is 2.17. The molecule has 0 radical (unpaired) electrons. The number of amides is 1. The van der Waals surface area contributed by atoms with Gasteiger partial charge in [-0.25, -0.2) is 0 Å². The summed E-state index contributed by atoms with van der Waals surface area (Å²) in [5.41, 5.74) is 1.67. The zero-order valence-corrected chi connectivity index (χ0v) is 10.3. The normalized spacial score (nSPS) is 19.5. The van der Waals surface area contributed by atoms with Gasteiger partial charge in [-0.15, -0.1) is 0 Å². The fourth-order valence-corrected chi connectivity index (χ4v) is 2.01. The van der Waals surface area contributed by atoms with Crippen molar-refractivity contribution in [2.75, 3.05) is 13.2 Å². The minimum Gasteiger partial charge on any atom is -0.376 e. The van der Waals surface area contributed by atoms with Crippen molar-refractivity contribution in [3.63, 3.8) is 0 Å². The van der Waals surface area contributed by atoms with Gasteiger partial charge in [-0.05, 0) is 26.7 Å². The van der Waals surface area contributed by atoms with Crippen LogP contribution in [0.15, 0.2) is 4.52 Å². The van der Waals surface area contributed by atoms with Gasteiger partial charge in [0.05, 0.1) is 18.2 Å². The van der Waals surface area contributed by atoms with Gasteiger partial charge in [-0.3, -0.25) is 4.79 Å². The van der Waals surface area contributed by atoms with Crippen LogP contribution >= 0.6 is 0 Å². The quantitative estimate of drug-likeness (QED) is 0.854. The number of rotatable bonds is 4. The van der Waals surface area contributed by atoms with Crippen molar-refractivity contribution in [1.82, 2.24) is 10.5 Å². The first kappa shape index (κ1) is 12.1. The van der Waals surface area contributed by atoms with Gasteiger partial charge in [-0.1, -0.05) is 5.16 Å². The number of hydrogen-bond acceptors (Lipinski definition) is 4. The Morgan fingerprint density at radius 2 is 2.35 bits per heavy atom. The van der Waals surface area contributed by atoms with Crippen LogP contribution < -0.4 is 5.32 Å². The highest BCUT2D eigenvalue weighted by atomic mass is 16.5. The van der Waals surface area contributed by atoms with Crippen molar-refractivity contribution in [2.24, 2.45) is 0 Å². The molecule has 94 valence electrons. The van der Waals surface area contributed by atoms with Gasteiger partial charge in [0.1, 0.15) is 5.76 Å². The molecule has 1 amide bonds. The number of nitrogens with zero attached hydrogens (tertiary/aromatic N) is 1. The number of aryl methyl sites for hydroxylation is 2. The van der Waals surface area contributed by atoms with Crippen molar-refractivity contribution in [3.8, 4) is 0 Å². The van der Waals surface area contributed by atoms with E-state index in [4.69, 9.17) is 9.26 Å². The van der Waals surface area contributed by atoms with E-state index in [0.29, 0.717) is 13.0 Å². The van der Waals surface area contributed by atoms with E-state index in [1.54, 1.807) is 0 Å². The van der Waals surface area contributed by atoms with Crippen LogP contribution in [-0.4, -0.2) is 30.3 Å². The summed E-state index contributed by atoms with van der Waals surface area (Å²) < 4.78 is 10.5. The number of hydrogen-bond donors (Lipinski definition) is 1. The average molecular weight is 238 g/mol. The van der Waals surface area contributed by atoms with Crippen molar-refractivity contribution < 1.29 is 14.1 Å². The lowest BCUT2D eigenvalue weighted by Gasteiger charge is -2.10. The molecule has 1 fully saturated rings. The Balaban J connectivity index is 1.80. The molecule has 1 aromatic rings. The van der Waals surface area contributed by atoms with Gasteiger partial charge in [0.25, 0.3) is 0 Å². The van der Waals surface area contributed by atoms with Crippen molar-refractivity contribution in [1.29, 1.82) is 0 Å². The molecule has 0 spiro atoms. The Labute approximate surface area is 101 Å². The summed E-state index contributed by atoms with van der Waals surface area (Å²) in [6, 6.07) is 0. The molecule has 0 unspecified atom stereocenters. The molecular weight excluding hydrogens is 220 g/mol. The first-order chi connectivity index (χ1) is 8.16. The smallest absolute Gasteiger partial charge is 0.224 e. The SMILES string of the molecule is Cc1noc(C)c1CC(=O)NC[C@@H]1CCCO1. The van der Waals surface area contributed by atoms with E-state index in [-0.39, 0.29) is 12.0 Å². The third-order valence-corrected chi connectivity index (χ3v) is 3.07. The number of carbonyl (C=O) groups excluding carboxylic acids is 1. The summed E-state index contributed by atoms with van der Waals surface area (Å²) >= 11 is 0. The predicted octanol–water partition coefficient (Wildman–Crippen LogP) is 1.13. The highest BCUT2D eigenvalue weighted by Crippen LogP contribution is 2.13. The molecule has 0 bridgehead atoms. The monoisotopic (exact) mass is 238 g/mol. The Bertz CT molecular complexity index is 375. The van der Waals surface area contributed by atoms with Crippen molar-refractivity contribution in [3.05, 3.63) is 17.0 Å². The van der Waals surface area contributed by atoms with E-state index in [0.717, 1.165) is 36.5 Å². The molecule has 2 heterocycles. The first-order valence-corrected chi connectivity index (χ1v) is 5.97. The Morgan fingerprint density at radius 3 is 2.94 bits per heavy atom. The molecule has 1 aliphatic rings. The lowest BCUT2D eigenvalue weighted by Crippen LogP contribution is -2.32. The van der Waals surface area contributed by atoms with E-state index in [2.05, 4.69) is 10.5 Å². The third kappa shape index (κ3) is 3.06. The number of nitrogens with one attached hydrogen (secondary N) is 1. The van der Waals surface area contributed by atoms with Gasteiger partial charge >= 0.3 is 0 Å². The molecule has 1 atom stereocenters. The van der Waals surface area contributed by atoms with Crippen LogP contribution in [0.5, 0.6) is 0 Å². The van der Waals surface area contributed by atoms with E-state index < -0.39 is 0 Å². The minimum atomic E-state index is -0.00472. The Kier molecular flexibility index (Phi) is 3.78. The largest absolute Gasteiger partial charge is 0.376 e. The highest BCUT2D eigenvalue weighted by molar-refractivity contribution is 5.79. The molecule has 1 aliphatic heterocycles. The fourth-order valence-electron chi connectivity index (χ4n) is 2.01. The van der Waals surface area contributed by atoms with E-state index in [9.17, 15) is 4.79 Å². The lowest BCUT2D eigenvalue weighted by molar-refractivity contribution is -0.120. The standard InChI is InChI=1S/C12H18N2O3/c1-8-11(9(2)17-14-8)6-12(15)13-7-10-4-3-5-16-10/h10H,3-7H2,1-2H3,(H,13,15)/t10-/m0/s1. The summed E-state index contributed by atoms with van der Waals surface area (Å²) in [4.78, 5) is 11.7. The Morgan fingerprint density at radius 1 is 1.53 bits per heavy atom. The zero-order chi connectivity index (χ0) is 12.3. The molecule has 0 aromatic carbocycles. The number of aromatic nitrogens is 1. The summed E-state index contributed by atoms with van der Waals surface area (Å²) in [5.74, 6) is 0.713. The van der Waals surface area contributed by atoms with Crippen LogP contribution in [0.25, 0.3) is 0 Å². The molecule has 2 rings (SSSR count). The second-order valence-corrected chi connectivity index (χ2v) is 4.42. The maximum Gasteiger partial charge on any atom is 0.224 e. The van der Waals surface area contributed by atoms with Crippen LogP contribution in [0.1, 0.15) is 29.9 Å². The molecular formula is C12H18N2O3. The molecule has 1 N–H and O–H groups in total. The topological polar surface area (TPSA) is 64.4 Å². The van der Waals surface area contributed by atoms with Crippen LogP contribution in [-0.2, 0) is 16.0 Å². The van der Waals surface area contributed by atoms with Gasteiger partial charge in [0, 0.05) is 18.7 Å². The maximum atomic E-state index is 11.7. The lowest BCUT2D eigenvalue weighted by atomic mass is 10.1. The molecule has 5 nitrogen and oxygen atoms in total. The molecule has 0 aliphatic carbocycles. The van der Waals surface area contributed by atoms with Gasteiger partial charge in [-0.2, -0.15) is 0 Å². The second kappa shape index (κ2) is 5.31. The molecule has 0 saturated carbocycles. The van der Waals surface area contributed by atoms with Crippen molar-refractivity contribution in [2.45, 2.75) is 39.2 Å². The summed E-state index contributed by atoms with van der Waals surface area (Å²) in [5, 5.41) is 6.71. The minimum absolute atomic E-state index is 0.00472. The van der Waals surface area contributed by atoms with Crippen LogP contribution in [0.4, 0.5) is 0 Å². The van der Waals surface area contributed by atoms with E-state index >= 15 is 0 Å². The van der Waals surface area contributed by atoms with Crippen LogP contribution in [0, 0.1) is 13.8 Å². The molecule has 1 saturated heterocycles. The maximum absolute atomic E-state index is 11.7. The predicted molar refractivity (Wildman–Crippen MR) is 61.7 cm³/mol. The molecule has 17 heavy (non-hydrogen) atoms. The van der Waals surface area contributed by atoms with Crippen LogP contribution in [0.3, 0.4) is 0 Å². The van der Waals surface area contributed by atoms with Crippen LogP contribution in [0.2, 0.25) is 0 Å². The molecule has 1 aromatic heterocycles. The van der Waals surface area contributed by atoms with Gasteiger partial charge in [0.2, 0.25) is 5.91 Å². The van der Waals surface area contributed by atoms with Gasteiger partial charge < -0.3 is 14.6 Å².